The van der Waals surface area contributed by atoms with Crippen molar-refractivity contribution >= 4 is 11.9 Å². The molecule has 0 saturated carbocycles. The van der Waals surface area contributed by atoms with Crippen LogP contribution in [0.4, 0.5) is 0 Å². The summed E-state index contributed by atoms with van der Waals surface area (Å²) in [7, 11) is 0. The highest BCUT2D eigenvalue weighted by Crippen LogP contribution is 2.18. The SMILES string of the molecule is C=C(C)C(=O)OCCC(CC)N1CCCC1=O. The fourth-order valence-corrected chi connectivity index (χ4v) is 2.05. The van der Waals surface area contributed by atoms with Crippen molar-refractivity contribution < 1.29 is 14.3 Å². The molecule has 0 aromatic rings. The predicted octanol–water partition coefficient (Wildman–Crippen LogP) is 1.90. The zero-order valence-corrected chi connectivity index (χ0v) is 10.7. The molecule has 4 nitrogen and oxygen atoms in total. The van der Waals surface area contributed by atoms with Crippen LogP contribution in [0.15, 0.2) is 12.2 Å². The van der Waals surface area contributed by atoms with Crippen LogP contribution >= 0.6 is 0 Å². The number of amides is 1. The molecule has 1 fully saturated rings. The van der Waals surface area contributed by atoms with Gasteiger partial charge < -0.3 is 9.64 Å². The van der Waals surface area contributed by atoms with Crippen LogP contribution < -0.4 is 0 Å². The van der Waals surface area contributed by atoms with Gasteiger partial charge in [-0.2, -0.15) is 0 Å². The molecule has 0 aromatic heterocycles. The van der Waals surface area contributed by atoms with E-state index >= 15 is 0 Å². The van der Waals surface area contributed by atoms with Crippen LogP contribution in [-0.4, -0.2) is 36.0 Å². The first-order valence-electron chi connectivity index (χ1n) is 6.18. The molecule has 0 aliphatic carbocycles. The Morgan fingerprint density at radius 3 is 2.76 bits per heavy atom. The number of rotatable bonds is 6. The molecule has 1 heterocycles. The minimum absolute atomic E-state index is 0.197. The third kappa shape index (κ3) is 3.88. The van der Waals surface area contributed by atoms with E-state index in [1.54, 1.807) is 6.92 Å². The van der Waals surface area contributed by atoms with Gasteiger partial charge in [-0.3, -0.25) is 4.79 Å². The van der Waals surface area contributed by atoms with Crippen molar-refractivity contribution in [3.05, 3.63) is 12.2 Å². The first kappa shape index (κ1) is 13.7. The second-order valence-electron chi connectivity index (χ2n) is 4.46. The summed E-state index contributed by atoms with van der Waals surface area (Å²) in [6, 6.07) is 0.197. The topological polar surface area (TPSA) is 46.6 Å². The summed E-state index contributed by atoms with van der Waals surface area (Å²) in [5.41, 5.74) is 0.412. The highest BCUT2D eigenvalue weighted by Gasteiger charge is 2.26. The van der Waals surface area contributed by atoms with Crippen molar-refractivity contribution in [1.29, 1.82) is 0 Å². The van der Waals surface area contributed by atoms with E-state index in [0.717, 1.165) is 19.4 Å². The van der Waals surface area contributed by atoms with E-state index in [1.807, 2.05) is 4.90 Å². The minimum Gasteiger partial charge on any atom is -0.462 e. The summed E-state index contributed by atoms with van der Waals surface area (Å²) in [5, 5.41) is 0. The molecule has 0 aromatic carbocycles. The lowest BCUT2D eigenvalue weighted by molar-refractivity contribution is -0.139. The maximum absolute atomic E-state index is 11.6. The van der Waals surface area contributed by atoms with E-state index in [4.69, 9.17) is 4.74 Å². The number of esters is 1. The van der Waals surface area contributed by atoms with E-state index in [2.05, 4.69) is 13.5 Å². The van der Waals surface area contributed by atoms with Crippen molar-refractivity contribution in [1.82, 2.24) is 4.90 Å². The van der Waals surface area contributed by atoms with Crippen molar-refractivity contribution in [3.63, 3.8) is 0 Å². The summed E-state index contributed by atoms with van der Waals surface area (Å²) in [6.07, 6.45) is 3.21. The summed E-state index contributed by atoms with van der Waals surface area (Å²) in [6.45, 7) is 8.40. The molecule has 0 radical (unpaired) electrons. The molecule has 17 heavy (non-hydrogen) atoms. The Labute approximate surface area is 103 Å². The number of carbonyl (C=O) groups is 2. The Morgan fingerprint density at radius 1 is 1.59 bits per heavy atom. The molecule has 0 spiro atoms. The van der Waals surface area contributed by atoms with Gasteiger partial charge in [0.25, 0.3) is 0 Å². The molecule has 1 amide bonds. The van der Waals surface area contributed by atoms with Gasteiger partial charge in [0, 0.05) is 31.0 Å². The molecular weight excluding hydrogens is 218 g/mol. The van der Waals surface area contributed by atoms with Crippen LogP contribution in [0.2, 0.25) is 0 Å². The molecule has 1 saturated heterocycles. The van der Waals surface area contributed by atoms with Gasteiger partial charge >= 0.3 is 5.97 Å². The maximum atomic E-state index is 11.6. The average molecular weight is 239 g/mol. The molecule has 0 N–H and O–H groups in total. The first-order chi connectivity index (χ1) is 8.06. The normalized spacial score (nSPS) is 17.1. The summed E-state index contributed by atoms with van der Waals surface area (Å²) in [4.78, 5) is 24.7. The van der Waals surface area contributed by atoms with Crippen LogP contribution in [0.25, 0.3) is 0 Å². The fourth-order valence-electron chi connectivity index (χ4n) is 2.05. The quantitative estimate of drug-likeness (QED) is 0.525. The largest absolute Gasteiger partial charge is 0.462 e. The third-order valence-electron chi connectivity index (χ3n) is 3.05. The molecule has 1 atom stereocenters. The van der Waals surface area contributed by atoms with Crippen molar-refractivity contribution in [2.45, 2.75) is 45.6 Å². The maximum Gasteiger partial charge on any atom is 0.333 e. The van der Waals surface area contributed by atoms with Crippen LogP contribution in [0.5, 0.6) is 0 Å². The summed E-state index contributed by atoms with van der Waals surface area (Å²) in [5.74, 6) is -0.129. The molecule has 1 rings (SSSR count). The van der Waals surface area contributed by atoms with Gasteiger partial charge in [0.1, 0.15) is 0 Å². The fraction of sp³-hybridized carbons (Fsp3) is 0.692. The predicted molar refractivity (Wildman–Crippen MR) is 65.4 cm³/mol. The number of nitrogens with zero attached hydrogens (tertiary/aromatic N) is 1. The minimum atomic E-state index is -0.354. The number of likely N-dealkylation sites (tertiary alicyclic amines) is 1. The monoisotopic (exact) mass is 239 g/mol. The van der Waals surface area contributed by atoms with Gasteiger partial charge in [0.15, 0.2) is 0 Å². The molecule has 1 aliphatic rings. The highest BCUT2D eigenvalue weighted by atomic mass is 16.5. The van der Waals surface area contributed by atoms with E-state index in [1.165, 1.54) is 0 Å². The van der Waals surface area contributed by atoms with E-state index in [-0.39, 0.29) is 17.9 Å². The smallest absolute Gasteiger partial charge is 0.333 e. The Kier molecular flexibility index (Phi) is 5.19. The lowest BCUT2D eigenvalue weighted by Crippen LogP contribution is -2.36. The van der Waals surface area contributed by atoms with Crippen molar-refractivity contribution in [2.24, 2.45) is 0 Å². The standard InChI is InChI=1S/C13H21NO3/c1-4-11(14-8-5-6-12(14)15)7-9-17-13(16)10(2)3/h11H,2,4-9H2,1,3H3. The number of hydrogen-bond acceptors (Lipinski definition) is 3. The summed E-state index contributed by atoms with van der Waals surface area (Å²) >= 11 is 0. The zero-order chi connectivity index (χ0) is 12.8. The van der Waals surface area contributed by atoms with Gasteiger partial charge in [-0.15, -0.1) is 0 Å². The highest BCUT2D eigenvalue weighted by molar-refractivity contribution is 5.86. The number of carbonyl (C=O) groups excluding carboxylic acids is 2. The third-order valence-corrected chi connectivity index (χ3v) is 3.05. The summed E-state index contributed by atoms with van der Waals surface area (Å²) < 4.78 is 5.05. The first-order valence-corrected chi connectivity index (χ1v) is 6.18. The number of ether oxygens (including phenoxy) is 1. The van der Waals surface area contributed by atoms with Gasteiger partial charge in [0.05, 0.1) is 6.61 Å². The van der Waals surface area contributed by atoms with Crippen molar-refractivity contribution in [3.8, 4) is 0 Å². The zero-order valence-electron chi connectivity index (χ0n) is 10.7. The van der Waals surface area contributed by atoms with Crippen LogP contribution in [0.3, 0.4) is 0 Å². The second kappa shape index (κ2) is 6.42. The van der Waals surface area contributed by atoms with Crippen molar-refractivity contribution in [2.75, 3.05) is 13.2 Å². The average Bonchev–Trinajstić information content (AvgIpc) is 2.70. The van der Waals surface area contributed by atoms with Crippen LogP contribution in [0, 0.1) is 0 Å². The Hall–Kier alpha value is -1.32. The Bertz CT molecular complexity index is 312. The van der Waals surface area contributed by atoms with Gasteiger partial charge in [0.2, 0.25) is 5.91 Å². The van der Waals surface area contributed by atoms with Crippen LogP contribution in [-0.2, 0) is 14.3 Å². The Morgan fingerprint density at radius 2 is 2.29 bits per heavy atom. The van der Waals surface area contributed by atoms with Gasteiger partial charge in [-0.05, 0) is 19.8 Å². The second-order valence-corrected chi connectivity index (χ2v) is 4.46. The Balaban J connectivity index is 2.35. The molecule has 4 heteroatoms. The molecule has 0 bridgehead atoms. The van der Waals surface area contributed by atoms with Gasteiger partial charge in [-0.1, -0.05) is 13.5 Å². The van der Waals surface area contributed by atoms with Crippen LogP contribution in [0.1, 0.15) is 39.5 Å². The molecule has 1 aliphatic heterocycles. The van der Waals surface area contributed by atoms with E-state index in [9.17, 15) is 9.59 Å². The molecular formula is C13H21NO3. The molecule has 1 unspecified atom stereocenters. The lowest BCUT2D eigenvalue weighted by Gasteiger charge is -2.26. The van der Waals surface area contributed by atoms with Gasteiger partial charge in [-0.25, -0.2) is 4.79 Å². The van der Waals surface area contributed by atoms with E-state index < -0.39 is 0 Å². The lowest BCUT2D eigenvalue weighted by atomic mass is 10.1. The van der Waals surface area contributed by atoms with E-state index in [0.29, 0.717) is 25.0 Å². The molecule has 96 valence electrons. The number of hydrogen-bond donors (Lipinski definition) is 0.